The number of ketones is 3. The fraction of sp³-hybridized carbons (Fsp3) is 0.279. The van der Waals surface area contributed by atoms with Gasteiger partial charge >= 0.3 is 5.97 Å². The number of nitrogens with zero attached hydrogens (tertiary/aromatic N) is 2. The minimum Gasteiger partial charge on any atom is -0.461 e. The summed E-state index contributed by atoms with van der Waals surface area (Å²) >= 11 is 0. The average Bonchev–Trinajstić information content (AvgIpc) is 3.76. The van der Waals surface area contributed by atoms with Crippen LogP contribution >= 0.6 is 0 Å². The van der Waals surface area contributed by atoms with Crippen molar-refractivity contribution in [3.8, 4) is 0 Å². The highest BCUT2D eigenvalue weighted by Crippen LogP contribution is 2.39. The van der Waals surface area contributed by atoms with Gasteiger partial charge in [-0.3, -0.25) is 14.4 Å². The van der Waals surface area contributed by atoms with Crippen LogP contribution in [0.3, 0.4) is 0 Å². The Balaban J connectivity index is 1.62. The van der Waals surface area contributed by atoms with Crippen molar-refractivity contribution in [3.05, 3.63) is 118 Å². The molecule has 4 aromatic carbocycles. The van der Waals surface area contributed by atoms with Gasteiger partial charge in [0.1, 0.15) is 0 Å². The Hall–Kier alpha value is -5.63. The maximum absolute atomic E-state index is 14.6. The Bertz CT molecular complexity index is 2340. The lowest BCUT2D eigenvalue weighted by atomic mass is 9.89. The van der Waals surface area contributed by atoms with Crippen molar-refractivity contribution in [1.29, 1.82) is 0 Å². The Morgan fingerprint density at radius 2 is 1.55 bits per heavy atom. The first-order valence-corrected chi connectivity index (χ1v) is 17.5. The van der Waals surface area contributed by atoms with Crippen molar-refractivity contribution in [1.82, 2.24) is 4.57 Å². The van der Waals surface area contributed by atoms with Gasteiger partial charge in [0, 0.05) is 51.8 Å². The molecule has 0 aliphatic rings. The van der Waals surface area contributed by atoms with E-state index in [1.807, 2.05) is 63.2 Å². The minimum atomic E-state index is -0.807. The average molecular weight is 683 g/mol. The smallest absolute Gasteiger partial charge is 0.332 e. The largest absolute Gasteiger partial charge is 0.461 e. The van der Waals surface area contributed by atoms with Gasteiger partial charge in [-0.2, -0.15) is 0 Å². The molecule has 6 rings (SSSR count). The third kappa shape index (κ3) is 6.78. The molecule has 0 amide bonds. The summed E-state index contributed by atoms with van der Waals surface area (Å²) in [6, 6.07) is 22.3. The Kier molecular flexibility index (Phi) is 10.1. The topological polar surface area (TPSA) is 108 Å². The minimum absolute atomic E-state index is 0.0644. The lowest BCUT2D eigenvalue weighted by Crippen LogP contribution is -2.25. The Morgan fingerprint density at radius 1 is 0.824 bits per heavy atom. The van der Waals surface area contributed by atoms with Crippen molar-refractivity contribution in [2.45, 2.75) is 73.8 Å². The van der Waals surface area contributed by atoms with Gasteiger partial charge in [0.2, 0.25) is 11.5 Å². The molecule has 6 aromatic rings. The zero-order valence-electron chi connectivity index (χ0n) is 30.0. The summed E-state index contributed by atoms with van der Waals surface area (Å²) in [7, 11) is 0. The molecule has 0 radical (unpaired) electrons. The van der Waals surface area contributed by atoms with E-state index < -0.39 is 23.2 Å². The number of aromatic nitrogens is 1. The van der Waals surface area contributed by atoms with Crippen LogP contribution in [0.2, 0.25) is 0 Å². The number of Topliss-reactive ketones (excluding diaryl/α,β-unsaturated/α-hetero) is 2. The molecule has 8 heteroatoms. The highest BCUT2D eigenvalue weighted by Gasteiger charge is 2.29. The van der Waals surface area contributed by atoms with Gasteiger partial charge in [-0.05, 0) is 86.0 Å². The summed E-state index contributed by atoms with van der Waals surface area (Å²) in [5.74, 6) is -2.07. The molecule has 0 aliphatic carbocycles. The molecule has 0 spiro atoms. The van der Waals surface area contributed by atoms with Gasteiger partial charge in [-0.25, -0.2) is 4.79 Å². The third-order valence-electron chi connectivity index (χ3n) is 9.70. The molecule has 0 saturated heterocycles. The summed E-state index contributed by atoms with van der Waals surface area (Å²) in [4.78, 5) is 58.4. The zero-order chi connectivity index (χ0) is 36.4. The van der Waals surface area contributed by atoms with E-state index in [2.05, 4.69) is 29.6 Å². The van der Waals surface area contributed by atoms with Crippen LogP contribution in [-0.4, -0.2) is 33.6 Å². The second-order valence-electron chi connectivity index (χ2n) is 13.4. The highest BCUT2D eigenvalue weighted by molar-refractivity contribution is 6.71. The molecule has 2 heterocycles. The first-order valence-electron chi connectivity index (χ1n) is 17.5. The molecule has 0 N–H and O–H groups in total. The fourth-order valence-electron chi connectivity index (χ4n) is 7.29. The Morgan fingerprint density at radius 3 is 2.20 bits per heavy atom. The molecule has 1 atom stereocenters. The van der Waals surface area contributed by atoms with Crippen LogP contribution in [0.1, 0.15) is 100.0 Å². The maximum Gasteiger partial charge on any atom is 0.332 e. The highest BCUT2D eigenvalue weighted by atomic mass is 16.7. The molecular formula is C43H42N2O6. The van der Waals surface area contributed by atoms with Crippen LogP contribution in [0, 0.1) is 26.7 Å². The van der Waals surface area contributed by atoms with Crippen LogP contribution in [0.5, 0.6) is 0 Å². The number of carbonyl (C=O) groups excluding carboxylic acids is 4. The van der Waals surface area contributed by atoms with Crippen molar-refractivity contribution in [2.75, 3.05) is 0 Å². The van der Waals surface area contributed by atoms with Crippen LogP contribution < -0.4 is 0 Å². The summed E-state index contributed by atoms with van der Waals surface area (Å²) in [6.45, 7) is 12.3. The summed E-state index contributed by atoms with van der Waals surface area (Å²) in [6.07, 6.45) is 5.63. The van der Waals surface area contributed by atoms with Crippen molar-refractivity contribution >= 4 is 61.6 Å². The standard InChI is InChI=1S/C43H42N2O6/c1-7-9-13-29(8-2)24-45-36-18-17-30(41(47)39(44-51-28(6)46)43(49)37-16-12-19-50-37)22-33(36)34-23-35(31-14-10-11-15-32(31)40(34)45)42(48)38-26(4)20-25(3)21-27(38)5/h10-12,14-23,29H,7-9,13,24H2,1-6H3. The number of hydrogen-bond donors (Lipinski definition) is 0. The number of hydrogen-bond acceptors (Lipinski definition) is 7. The molecule has 0 saturated carbocycles. The first-order chi connectivity index (χ1) is 24.5. The zero-order valence-corrected chi connectivity index (χ0v) is 30.0. The maximum atomic E-state index is 14.6. The number of benzene rings is 4. The fourth-order valence-corrected chi connectivity index (χ4v) is 7.29. The van der Waals surface area contributed by atoms with E-state index in [-0.39, 0.29) is 17.1 Å². The lowest BCUT2D eigenvalue weighted by molar-refractivity contribution is -0.140. The van der Waals surface area contributed by atoms with Crippen LogP contribution in [0.15, 0.2) is 88.6 Å². The van der Waals surface area contributed by atoms with Crippen LogP contribution in [0.4, 0.5) is 0 Å². The van der Waals surface area contributed by atoms with E-state index in [1.165, 1.54) is 18.4 Å². The number of fused-ring (bicyclic) bond motifs is 5. The molecule has 1 unspecified atom stereocenters. The van der Waals surface area contributed by atoms with E-state index in [1.54, 1.807) is 12.1 Å². The van der Waals surface area contributed by atoms with Gasteiger partial charge in [-0.1, -0.05) is 80.2 Å². The number of rotatable bonds is 13. The summed E-state index contributed by atoms with van der Waals surface area (Å²) in [5.41, 5.74) is 5.67. The quantitative estimate of drug-likeness (QED) is 0.0395. The Labute approximate surface area is 297 Å². The van der Waals surface area contributed by atoms with E-state index >= 15 is 0 Å². The molecule has 8 nitrogen and oxygen atoms in total. The van der Waals surface area contributed by atoms with Crippen LogP contribution in [-0.2, 0) is 16.2 Å². The third-order valence-corrected chi connectivity index (χ3v) is 9.70. The van der Waals surface area contributed by atoms with E-state index in [0.29, 0.717) is 17.0 Å². The van der Waals surface area contributed by atoms with Gasteiger partial charge < -0.3 is 13.8 Å². The number of unbranched alkanes of at least 4 members (excludes halogenated alkanes) is 1. The predicted octanol–water partition coefficient (Wildman–Crippen LogP) is 9.90. The monoisotopic (exact) mass is 682 g/mol. The molecule has 0 fully saturated rings. The SMILES string of the molecule is CCCCC(CC)Cn1c2ccc(C(=O)C(=NOC(C)=O)C(=O)c3ccco3)cc2c2cc(C(=O)c3c(C)cc(C)cc3C)c3ccccc3c21. The predicted molar refractivity (Wildman–Crippen MR) is 201 cm³/mol. The number of carbonyl (C=O) groups is 4. The van der Waals surface area contributed by atoms with Gasteiger partial charge in [0.05, 0.1) is 11.8 Å². The molecule has 0 bridgehead atoms. The second-order valence-corrected chi connectivity index (χ2v) is 13.4. The molecule has 0 aliphatic heterocycles. The number of aryl methyl sites for hydroxylation is 3. The van der Waals surface area contributed by atoms with Gasteiger partial charge in [0.15, 0.2) is 11.5 Å². The number of furan rings is 1. The van der Waals surface area contributed by atoms with Crippen molar-refractivity contribution < 1.29 is 28.4 Å². The van der Waals surface area contributed by atoms with E-state index in [9.17, 15) is 19.2 Å². The van der Waals surface area contributed by atoms with E-state index in [0.717, 1.165) is 88.4 Å². The van der Waals surface area contributed by atoms with Crippen LogP contribution in [0.25, 0.3) is 32.6 Å². The van der Waals surface area contributed by atoms with Crippen molar-refractivity contribution in [2.24, 2.45) is 11.1 Å². The summed E-state index contributed by atoms with van der Waals surface area (Å²) in [5, 5.41) is 7.06. The summed E-state index contributed by atoms with van der Waals surface area (Å²) < 4.78 is 7.58. The molecule has 51 heavy (non-hydrogen) atoms. The normalized spacial score (nSPS) is 12.5. The molecular weight excluding hydrogens is 640 g/mol. The van der Waals surface area contributed by atoms with Gasteiger partial charge in [-0.15, -0.1) is 0 Å². The van der Waals surface area contributed by atoms with E-state index in [4.69, 9.17) is 9.25 Å². The number of oxime groups is 1. The first kappa shape index (κ1) is 35.2. The second kappa shape index (κ2) is 14.7. The molecule has 260 valence electrons. The lowest BCUT2D eigenvalue weighted by Gasteiger charge is -2.19. The van der Waals surface area contributed by atoms with Crippen molar-refractivity contribution in [3.63, 3.8) is 0 Å². The molecule has 2 aromatic heterocycles. The van der Waals surface area contributed by atoms with Gasteiger partial charge in [0.25, 0.3) is 5.78 Å².